The Hall–Kier alpha value is -2.38. The number of aromatic nitrogens is 1. The van der Waals surface area contributed by atoms with Crippen molar-refractivity contribution in [2.45, 2.75) is 32.7 Å². The van der Waals surface area contributed by atoms with Crippen molar-refractivity contribution in [3.63, 3.8) is 0 Å². The predicted molar refractivity (Wildman–Crippen MR) is 117 cm³/mol. The number of allylic oxidation sites excluding steroid dienone is 1. The number of thiazole rings is 1. The van der Waals surface area contributed by atoms with Crippen LogP contribution in [0.1, 0.15) is 41.4 Å². The van der Waals surface area contributed by atoms with Crippen LogP contribution < -0.4 is 14.8 Å². The van der Waals surface area contributed by atoms with Crippen LogP contribution in [-0.4, -0.2) is 43.1 Å². The van der Waals surface area contributed by atoms with E-state index >= 15 is 0 Å². The third-order valence-electron chi connectivity index (χ3n) is 5.22. The molecule has 0 spiro atoms. The Balaban J connectivity index is 1.69. The number of piperidine rings is 1. The largest absolute Gasteiger partial charge is 0.493 e. The van der Waals surface area contributed by atoms with Crippen LogP contribution in [0.4, 0.5) is 5.13 Å². The van der Waals surface area contributed by atoms with E-state index in [4.69, 9.17) is 9.47 Å². The number of carbonyl (C=O) groups excluding carboxylic acids is 1. The van der Waals surface area contributed by atoms with Crippen LogP contribution in [-0.2, 0) is 13.0 Å². The summed E-state index contributed by atoms with van der Waals surface area (Å²) in [5, 5.41) is 5.53. The van der Waals surface area contributed by atoms with E-state index in [-0.39, 0.29) is 5.91 Å². The molecule has 29 heavy (non-hydrogen) atoms. The van der Waals surface area contributed by atoms with Crippen molar-refractivity contribution in [2.75, 3.05) is 32.6 Å². The molecule has 1 aliphatic heterocycles. The van der Waals surface area contributed by atoms with Gasteiger partial charge in [-0.25, -0.2) is 4.98 Å². The first-order valence-corrected chi connectivity index (χ1v) is 10.8. The molecule has 1 aromatic heterocycles. The lowest BCUT2D eigenvalue weighted by Crippen LogP contribution is -2.32. The molecule has 1 amide bonds. The second kappa shape index (κ2) is 9.89. The molecule has 1 saturated heterocycles. The summed E-state index contributed by atoms with van der Waals surface area (Å²) in [5.74, 6) is 1.74. The smallest absolute Gasteiger partial charge is 0.257 e. The van der Waals surface area contributed by atoms with Crippen molar-refractivity contribution in [3.8, 4) is 11.5 Å². The molecule has 0 unspecified atom stereocenters. The molecular formula is C22H29N3O3S. The highest BCUT2D eigenvalue weighted by Gasteiger charge is 2.19. The van der Waals surface area contributed by atoms with Crippen molar-refractivity contribution in [1.82, 2.24) is 9.88 Å². The van der Waals surface area contributed by atoms with Crippen LogP contribution in [0.25, 0.3) is 0 Å². The summed E-state index contributed by atoms with van der Waals surface area (Å²) in [6, 6.07) is 3.49. The van der Waals surface area contributed by atoms with Gasteiger partial charge in [0.15, 0.2) is 16.6 Å². The first-order valence-electron chi connectivity index (χ1n) is 9.88. The summed E-state index contributed by atoms with van der Waals surface area (Å²) in [7, 11) is 3.15. The number of nitrogens with zero attached hydrogens (tertiary/aromatic N) is 2. The maximum atomic E-state index is 12.8. The molecule has 1 aromatic carbocycles. The van der Waals surface area contributed by atoms with Crippen molar-refractivity contribution in [1.29, 1.82) is 0 Å². The Bertz CT molecular complexity index is 857. The molecule has 1 fully saturated rings. The zero-order valence-corrected chi connectivity index (χ0v) is 18.2. The number of nitrogens with one attached hydrogen (secondary N) is 1. The summed E-state index contributed by atoms with van der Waals surface area (Å²) in [6.07, 6.45) is 4.82. The SMILES string of the molecule is C=CCc1cc(C(=O)Nc2nc(CN3CCC(C)CC3)cs2)cc(OC)c1OC. The van der Waals surface area contributed by atoms with Gasteiger partial charge in [0.05, 0.1) is 19.9 Å². The van der Waals surface area contributed by atoms with Gasteiger partial charge in [0.1, 0.15) is 0 Å². The van der Waals surface area contributed by atoms with Gasteiger partial charge in [0.2, 0.25) is 0 Å². The molecule has 2 heterocycles. The number of methoxy groups -OCH3 is 2. The van der Waals surface area contributed by atoms with E-state index in [1.807, 2.05) is 11.4 Å². The highest BCUT2D eigenvalue weighted by molar-refractivity contribution is 7.14. The Kier molecular flexibility index (Phi) is 7.28. The predicted octanol–water partition coefficient (Wildman–Crippen LogP) is 4.37. The number of benzene rings is 1. The topological polar surface area (TPSA) is 63.7 Å². The van der Waals surface area contributed by atoms with Gasteiger partial charge in [-0.2, -0.15) is 0 Å². The standard InChI is InChI=1S/C22H29N3O3S/c1-5-6-16-11-17(12-19(27-3)20(16)28-4)21(26)24-22-23-18(14-29-22)13-25-9-7-15(2)8-10-25/h5,11-12,14-15H,1,6-10,13H2,2-4H3,(H,23,24,26). The van der Waals surface area contributed by atoms with E-state index in [1.54, 1.807) is 26.4 Å². The van der Waals surface area contributed by atoms with E-state index in [1.165, 1.54) is 24.2 Å². The number of hydrogen-bond donors (Lipinski definition) is 1. The van der Waals surface area contributed by atoms with Crippen molar-refractivity contribution in [3.05, 3.63) is 47.0 Å². The number of rotatable bonds is 8. The molecule has 0 radical (unpaired) electrons. The van der Waals surface area contributed by atoms with Crippen LogP contribution in [0.15, 0.2) is 30.2 Å². The van der Waals surface area contributed by atoms with Crippen LogP contribution in [0, 0.1) is 5.92 Å². The minimum absolute atomic E-state index is 0.219. The fraction of sp³-hybridized carbons (Fsp3) is 0.455. The van der Waals surface area contributed by atoms with E-state index in [0.717, 1.165) is 36.8 Å². The molecule has 156 valence electrons. The molecule has 0 aliphatic carbocycles. The number of carbonyl (C=O) groups is 1. The molecule has 1 aliphatic rings. The average molecular weight is 416 g/mol. The fourth-order valence-corrected chi connectivity index (χ4v) is 4.23. The van der Waals surface area contributed by atoms with Gasteiger partial charge in [0.25, 0.3) is 5.91 Å². The minimum atomic E-state index is -0.219. The van der Waals surface area contributed by atoms with E-state index < -0.39 is 0 Å². The zero-order chi connectivity index (χ0) is 20.8. The third-order valence-corrected chi connectivity index (χ3v) is 6.02. The number of likely N-dealkylation sites (tertiary alicyclic amines) is 1. The van der Waals surface area contributed by atoms with Crippen LogP contribution in [0.5, 0.6) is 11.5 Å². The summed E-state index contributed by atoms with van der Waals surface area (Å²) in [4.78, 5) is 19.8. The first-order chi connectivity index (χ1) is 14.0. The quantitative estimate of drug-likeness (QED) is 0.649. The summed E-state index contributed by atoms with van der Waals surface area (Å²) in [6.45, 7) is 9.13. The van der Waals surface area contributed by atoms with Gasteiger partial charge < -0.3 is 9.47 Å². The molecule has 3 rings (SSSR count). The molecule has 1 N–H and O–H groups in total. The molecule has 2 aromatic rings. The monoisotopic (exact) mass is 415 g/mol. The number of ether oxygens (including phenoxy) is 2. The maximum absolute atomic E-state index is 12.8. The maximum Gasteiger partial charge on any atom is 0.257 e. The normalized spacial score (nSPS) is 15.1. The summed E-state index contributed by atoms with van der Waals surface area (Å²) >= 11 is 1.45. The molecule has 7 heteroatoms. The van der Waals surface area contributed by atoms with Gasteiger partial charge in [-0.3, -0.25) is 15.0 Å². The van der Waals surface area contributed by atoms with Gasteiger partial charge in [-0.1, -0.05) is 13.0 Å². The fourth-order valence-electron chi connectivity index (χ4n) is 3.54. The van der Waals surface area contributed by atoms with E-state index in [2.05, 4.69) is 28.7 Å². The van der Waals surface area contributed by atoms with E-state index in [0.29, 0.717) is 28.6 Å². The lowest BCUT2D eigenvalue weighted by molar-refractivity contribution is 0.102. The Morgan fingerprint density at radius 3 is 2.76 bits per heavy atom. The Morgan fingerprint density at radius 1 is 1.34 bits per heavy atom. The molecule has 6 nitrogen and oxygen atoms in total. The van der Waals surface area contributed by atoms with E-state index in [9.17, 15) is 4.79 Å². The Morgan fingerprint density at radius 2 is 2.10 bits per heavy atom. The van der Waals surface area contributed by atoms with Crippen molar-refractivity contribution < 1.29 is 14.3 Å². The second-order valence-electron chi connectivity index (χ2n) is 7.42. The van der Waals surface area contributed by atoms with Crippen LogP contribution in [0.3, 0.4) is 0 Å². The second-order valence-corrected chi connectivity index (χ2v) is 8.28. The van der Waals surface area contributed by atoms with Gasteiger partial charge in [-0.05, 0) is 50.4 Å². The van der Waals surface area contributed by atoms with Gasteiger partial charge >= 0.3 is 0 Å². The first kappa shape index (κ1) is 21.3. The number of hydrogen-bond acceptors (Lipinski definition) is 6. The third kappa shape index (κ3) is 5.36. The van der Waals surface area contributed by atoms with Gasteiger partial charge in [0, 0.05) is 23.1 Å². The molecule has 0 atom stereocenters. The van der Waals surface area contributed by atoms with Crippen molar-refractivity contribution in [2.24, 2.45) is 5.92 Å². The molecular weight excluding hydrogens is 386 g/mol. The lowest BCUT2D eigenvalue weighted by atomic mass is 9.99. The highest BCUT2D eigenvalue weighted by atomic mass is 32.1. The molecule has 0 saturated carbocycles. The highest BCUT2D eigenvalue weighted by Crippen LogP contribution is 2.33. The molecule has 0 bridgehead atoms. The summed E-state index contributed by atoms with van der Waals surface area (Å²) < 4.78 is 10.8. The van der Waals surface area contributed by atoms with Crippen LogP contribution >= 0.6 is 11.3 Å². The Labute approximate surface area is 176 Å². The summed E-state index contributed by atoms with van der Waals surface area (Å²) in [5.41, 5.74) is 2.35. The minimum Gasteiger partial charge on any atom is -0.493 e. The average Bonchev–Trinajstić information content (AvgIpc) is 3.16. The van der Waals surface area contributed by atoms with Crippen LogP contribution in [0.2, 0.25) is 0 Å². The number of amides is 1. The zero-order valence-electron chi connectivity index (χ0n) is 17.4. The lowest BCUT2D eigenvalue weighted by Gasteiger charge is -2.29. The van der Waals surface area contributed by atoms with Gasteiger partial charge in [-0.15, -0.1) is 17.9 Å². The number of anilines is 1. The van der Waals surface area contributed by atoms with Crippen molar-refractivity contribution >= 4 is 22.4 Å².